The number of hydrogen-bond acceptors (Lipinski definition) is 1. The molecule has 0 fully saturated rings. The molecule has 0 aliphatic rings. The van der Waals surface area contributed by atoms with Gasteiger partial charge in [0.05, 0.1) is 16.7 Å². The Bertz CT molecular complexity index is 4370. The van der Waals surface area contributed by atoms with E-state index in [0.29, 0.717) is 0 Å². The van der Waals surface area contributed by atoms with Gasteiger partial charge in [0.15, 0.2) is 0 Å². The maximum absolute atomic E-state index is 2.43. The Morgan fingerprint density at radius 3 is 1.62 bits per heavy atom. The van der Waals surface area contributed by atoms with Crippen LogP contribution in [0.2, 0.25) is 0 Å². The molecule has 2 nitrogen and oxygen atoms in total. The summed E-state index contributed by atoms with van der Waals surface area (Å²) in [7, 11) is 0. The Morgan fingerprint density at radius 2 is 0.806 bits per heavy atom. The van der Waals surface area contributed by atoms with E-state index in [0.717, 1.165) is 45.0 Å². The van der Waals surface area contributed by atoms with Crippen molar-refractivity contribution in [2.45, 2.75) is 0 Å². The Balaban J connectivity index is 0.915. The van der Waals surface area contributed by atoms with Crippen molar-refractivity contribution in [3.63, 3.8) is 0 Å². The number of benzene rings is 13. The molecule has 0 saturated carbocycles. The SMILES string of the molecule is c1ccc(-c2ccc(-c3ccccc3N(c3ccc(-c4cc5c6ccccc6ccc5c5ccccc45)cc3)c3cccc(-c4cccc(-n5c6ccccc6c6cc7ccccc7cc65)c4)c3)cc2)cc1. The number of aromatic nitrogens is 1. The molecular weight excluding hydrogens is 869 g/mol. The minimum Gasteiger partial charge on any atom is -0.310 e. The van der Waals surface area contributed by atoms with Crippen LogP contribution in [0.1, 0.15) is 0 Å². The predicted molar refractivity (Wildman–Crippen MR) is 307 cm³/mol. The highest BCUT2D eigenvalue weighted by Gasteiger charge is 2.20. The van der Waals surface area contributed by atoms with Crippen molar-refractivity contribution >= 4 is 82.0 Å². The quantitative estimate of drug-likeness (QED) is 0.138. The van der Waals surface area contributed by atoms with E-state index in [1.54, 1.807) is 0 Å². The van der Waals surface area contributed by atoms with Gasteiger partial charge in [-0.15, -0.1) is 0 Å². The number of rotatable bonds is 8. The van der Waals surface area contributed by atoms with Crippen LogP contribution < -0.4 is 4.90 Å². The van der Waals surface area contributed by atoms with Crippen LogP contribution in [0.3, 0.4) is 0 Å². The van der Waals surface area contributed by atoms with Gasteiger partial charge in [-0.2, -0.15) is 0 Å². The molecule has 0 N–H and O–H groups in total. The fraction of sp³-hybridized carbons (Fsp3) is 0. The smallest absolute Gasteiger partial charge is 0.0547 e. The largest absolute Gasteiger partial charge is 0.310 e. The third-order valence-electron chi connectivity index (χ3n) is 14.7. The average Bonchev–Trinajstić information content (AvgIpc) is 3.78. The van der Waals surface area contributed by atoms with Gasteiger partial charge in [0.2, 0.25) is 0 Å². The molecule has 0 atom stereocenters. The topological polar surface area (TPSA) is 8.17 Å². The molecular formula is C70H46N2. The lowest BCUT2D eigenvalue weighted by Crippen LogP contribution is -2.11. The Labute approximate surface area is 418 Å². The molecule has 0 aliphatic carbocycles. The normalized spacial score (nSPS) is 11.6. The first kappa shape index (κ1) is 41.5. The molecule has 0 amide bonds. The van der Waals surface area contributed by atoms with Crippen molar-refractivity contribution in [3.05, 3.63) is 279 Å². The van der Waals surface area contributed by atoms with E-state index in [1.807, 2.05) is 0 Å². The van der Waals surface area contributed by atoms with Gasteiger partial charge in [-0.05, 0) is 149 Å². The van der Waals surface area contributed by atoms with Crippen molar-refractivity contribution in [1.82, 2.24) is 4.57 Å². The van der Waals surface area contributed by atoms with E-state index in [2.05, 4.69) is 289 Å². The van der Waals surface area contributed by atoms with Crippen molar-refractivity contribution in [2.24, 2.45) is 0 Å². The van der Waals surface area contributed by atoms with Gasteiger partial charge < -0.3 is 9.47 Å². The molecule has 2 heteroatoms. The zero-order valence-electron chi connectivity index (χ0n) is 39.5. The first-order valence-electron chi connectivity index (χ1n) is 24.8. The fourth-order valence-corrected chi connectivity index (χ4v) is 11.3. The molecule has 0 saturated heterocycles. The fourth-order valence-electron chi connectivity index (χ4n) is 11.3. The molecule has 1 heterocycles. The van der Waals surface area contributed by atoms with Crippen LogP contribution in [-0.2, 0) is 0 Å². The second-order valence-electron chi connectivity index (χ2n) is 18.9. The standard InChI is InChI=1S/C70H46N2/c1-2-16-47(17-3-1)48-32-34-50(35-33-48)60-26-10-12-30-68(60)71(56-39-36-51(37-40-56)65-46-66-59-25-7-6-18-49(59)38-41-63(66)61-27-8-9-28-62(61)65)57-23-14-21-52(42-57)53-22-15-24-58(43-53)72-69-31-13-11-29-64(69)67-44-54-19-4-5-20-55(54)45-70(67)72/h1-46H. The highest BCUT2D eigenvalue weighted by atomic mass is 15.1. The van der Waals surface area contributed by atoms with Crippen LogP contribution in [0.4, 0.5) is 17.1 Å². The monoisotopic (exact) mass is 914 g/mol. The summed E-state index contributed by atoms with van der Waals surface area (Å²) in [6.07, 6.45) is 0. The lowest BCUT2D eigenvalue weighted by atomic mass is 9.91. The molecule has 72 heavy (non-hydrogen) atoms. The summed E-state index contributed by atoms with van der Waals surface area (Å²) < 4.78 is 2.43. The maximum Gasteiger partial charge on any atom is 0.0547 e. The number of anilines is 3. The van der Waals surface area contributed by atoms with E-state index in [4.69, 9.17) is 0 Å². The summed E-state index contributed by atoms with van der Waals surface area (Å²) in [5.74, 6) is 0. The Hall–Kier alpha value is -9.50. The highest BCUT2D eigenvalue weighted by molar-refractivity contribution is 6.21. The van der Waals surface area contributed by atoms with Gasteiger partial charge in [0, 0.05) is 33.4 Å². The molecule has 0 bridgehead atoms. The number of nitrogens with zero attached hydrogens (tertiary/aromatic N) is 2. The van der Waals surface area contributed by atoms with Crippen molar-refractivity contribution in [2.75, 3.05) is 4.90 Å². The molecule has 13 aromatic carbocycles. The van der Waals surface area contributed by atoms with E-state index in [-0.39, 0.29) is 0 Å². The summed E-state index contributed by atoms with van der Waals surface area (Å²) in [6.45, 7) is 0. The van der Waals surface area contributed by atoms with E-state index in [9.17, 15) is 0 Å². The maximum atomic E-state index is 2.43. The summed E-state index contributed by atoms with van der Waals surface area (Å²) >= 11 is 0. The van der Waals surface area contributed by atoms with Gasteiger partial charge in [0.25, 0.3) is 0 Å². The van der Waals surface area contributed by atoms with Crippen molar-refractivity contribution in [1.29, 1.82) is 0 Å². The van der Waals surface area contributed by atoms with Crippen molar-refractivity contribution < 1.29 is 0 Å². The van der Waals surface area contributed by atoms with Crippen LogP contribution in [0, 0.1) is 0 Å². The van der Waals surface area contributed by atoms with E-state index < -0.39 is 0 Å². The Morgan fingerprint density at radius 1 is 0.236 bits per heavy atom. The third-order valence-corrected chi connectivity index (χ3v) is 14.7. The zero-order chi connectivity index (χ0) is 47.5. The first-order chi connectivity index (χ1) is 35.7. The second-order valence-corrected chi connectivity index (χ2v) is 18.9. The molecule has 0 radical (unpaired) electrons. The number of hydrogen-bond donors (Lipinski definition) is 0. The summed E-state index contributed by atoms with van der Waals surface area (Å²) in [4.78, 5) is 2.43. The van der Waals surface area contributed by atoms with Gasteiger partial charge in [-0.25, -0.2) is 0 Å². The minimum absolute atomic E-state index is 1.07. The molecule has 0 unspecified atom stereocenters. The van der Waals surface area contributed by atoms with E-state index in [1.165, 1.54) is 87.1 Å². The molecule has 336 valence electrons. The highest BCUT2D eigenvalue weighted by Crippen LogP contribution is 2.45. The second kappa shape index (κ2) is 17.2. The lowest BCUT2D eigenvalue weighted by molar-refractivity contribution is 1.18. The number of fused-ring (bicyclic) bond motifs is 9. The molecule has 1 aromatic heterocycles. The molecule has 14 rings (SSSR count). The molecule has 0 spiro atoms. The van der Waals surface area contributed by atoms with E-state index >= 15 is 0 Å². The minimum atomic E-state index is 1.07. The van der Waals surface area contributed by atoms with Crippen molar-refractivity contribution in [3.8, 4) is 50.2 Å². The van der Waals surface area contributed by atoms with Crippen LogP contribution >= 0.6 is 0 Å². The Kier molecular flexibility index (Phi) is 9.89. The molecule has 0 aliphatic heterocycles. The van der Waals surface area contributed by atoms with Crippen LogP contribution in [-0.4, -0.2) is 4.57 Å². The van der Waals surface area contributed by atoms with Crippen LogP contribution in [0.15, 0.2) is 279 Å². The molecule has 14 aromatic rings. The van der Waals surface area contributed by atoms with Gasteiger partial charge in [-0.1, -0.05) is 212 Å². The third kappa shape index (κ3) is 7.03. The van der Waals surface area contributed by atoms with Gasteiger partial charge in [-0.3, -0.25) is 0 Å². The van der Waals surface area contributed by atoms with Gasteiger partial charge >= 0.3 is 0 Å². The first-order valence-corrected chi connectivity index (χ1v) is 24.8. The summed E-state index contributed by atoms with van der Waals surface area (Å²) in [5, 5.41) is 12.6. The zero-order valence-corrected chi connectivity index (χ0v) is 39.5. The average molecular weight is 915 g/mol. The van der Waals surface area contributed by atoms with Crippen LogP contribution in [0.25, 0.3) is 115 Å². The lowest BCUT2D eigenvalue weighted by Gasteiger charge is -2.28. The summed E-state index contributed by atoms with van der Waals surface area (Å²) in [6, 6.07) is 102. The van der Waals surface area contributed by atoms with Crippen LogP contribution in [0.5, 0.6) is 0 Å². The van der Waals surface area contributed by atoms with Gasteiger partial charge in [0.1, 0.15) is 0 Å². The summed E-state index contributed by atoms with van der Waals surface area (Å²) in [5.41, 5.74) is 16.2. The number of para-hydroxylation sites is 2. The predicted octanol–water partition coefficient (Wildman–Crippen LogP) is 19.5.